The maximum atomic E-state index is 12.0. The first-order valence-electron chi connectivity index (χ1n) is 11.4. The predicted molar refractivity (Wildman–Crippen MR) is 140 cm³/mol. The molecule has 8 nitrogen and oxygen atoms in total. The number of carbonyl (C=O) groups is 2. The lowest BCUT2D eigenvalue weighted by molar-refractivity contribution is -0.111. The quantitative estimate of drug-likeness (QED) is 0.465. The Kier molecular flexibility index (Phi) is 8.66. The van der Waals surface area contributed by atoms with Crippen LogP contribution in [0.25, 0.3) is 0 Å². The highest BCUT2D eigenvalue weighted by molar-refractivity contribution is 7.99. The number of rotatable bonds is 7. The molecule has 0 aliphatic carbocycles. The average Bonchev–Trinajstić information content (AvgIpc) is 2.80. The summed E-state index contributed by atoms with van der Waals surface area (Å²) in [5.41, 5.74) is 0.00980. The van der Waals surface area contributed by atoms with Gasteiger partial charge in [-0.1, -0.05) is 42.9 Å². The second kappa shape index (κ2) is 11.3. The molecule has 1 aliphatic heterocycles. The minimum absolute atomic E-state index is 0.000587. The first-order chi connectivity index (χ1) is 16.5. The Hall–Kier alpha value is -2.78. The van der Waals surface area contributed by atoms with Crippen molar-refractivity contribution in [3.8, 4) is 0 Å². The molecule has 2 heterocycles. The number of alkyl carbamates (subject to hydrolysis) is 1. The average molecular weight is 518 g/mol. The fraction of sp³-hybridized carbons (Fsp3) is 0.440. The second-order valence-corrected chi connectivity index (χ2v) is 11.2. The van der Waals surface area contributed by atoms with Gasteiger partial charge in [0.1, 0.15) is 16.4 Å². The van der Waals surface area contributed by atoms with Crippen LogP contribution >= 0.6 is 23.4 Å². The smallest absolute Gasteiger partial charge is 0.407 e. The Labute approximate surface area is 215 Å². The van der Waals surface area contributed by atoms with Gasteiger partial charge in [-0.05, 0) is 57.2 Å². The molecule has 10 heteroatoms. The van der Waals surface area contributed by atoms with Crippen LogP contribution in [0.15, 0.2) is 53.2 Å². The number of carbonyl (C=O) groups excluding carboxylic acids is 2. The van der Waals surface area contributed by atoms with Crippen LogP contribution in [0.1, 0.15) is 40.5 Å². The summed E-state index contributed by atoms with van der Waals surface area (Å²) in [6.07, 6.45) is 6.14. The van der Waals surface area contributed by atoms with Crippen LogP contribution in [0.5, 0.6) is 0 Å². The molecule has 0 saturated carbocycles. The minimum atomic E-state index is -0.507. The van der Waals surface area contributed by atoms with Crippen molar-refractivity contribution in [2.24, 2.45) is 5.41 Å². The molecule has 0 atom stereocenters. The highest BCUT2D eigenvalue weighted by atomic mass is 35.5. The highest BCUT2D eigenvalue weighted by Gasteiger charge is 2.31. The number of halogens is 1. The summed E-state index contributed by atoms with van der Waals surface area (Å²) < 4.78 is 5.34. The Morgan fingerprint density at radius 1 is 1.26 bits per heavy atom. The molecule has 1 aromatic carbocycles. The van der Waals surface area contributed by atoms with Gasteiger partial charge in [0.05, 0.1) is 23.1 Å². The van der Waals surface area contributed by atoms with Crippen molar-refractivity contribution in [1.82, 2.24) is 15.3 Å². The van der Waals surface area contributed by atoms with Crippen LogP contribution in [0, 0.1) is 5.41 Å². The zero-order valence-corrected chi connectivity index (χ0v) is 22.1. The van der Waals surface area contributed by atoms with E-state index in [1.165, 1.54) is 17.8 Å². The summed E-state index contributed by atoms with van der Waals surface area (Å²) in [6, 6.07) is 5.41. The van der Waals surface area contributed by atoms with E-state index < -0.39 is 5.60 Å². The maximum Gasteiger partial charge on any atom is 0.407 e. The van der Waals surface area contributed by atoms with Crippen LogP contribution in [-0.4, -0.2) is 47.2 Å². The number of hydrogen-bond donors (Lipinski definition) is 2. The van der Waals surface area contributed by atoms with E-state index in [0.717, 1.165) is 36.6 Å². The third-order valence-corrected chi connectivity index (χ3v) is 7.09. The van der Waals surface area contributed by atoms with E-state index in [1.54, 1.807) is 18.5 Å². The lowest BCUT2D eigenvalue weighted by atomic mass is 9.80. The molecular formula is C25H32ClN5O3S. The van der Waals surface area contributed by atoms with Crippen molar-refractivity contribution in [2.45, 2.75) is 56.1 Å². The van der Waals surface area contributed by atoms with Gasteiger partial charge in [0.25, 0.3) is 0 Å². The Morgan fingerprint density at radius 2 is 1.97 bits per heavy atom. The molecule has 2 aromatic rings. The first-order valence-corrected chi connectivity index (χ1v) is 12.6. The molecule has 1 aliphatic rings. The Balaban J connectivity index is 1.55. The van der Waals surface area contributed by atoms with E-state index in [1.807, 2.05) is 32.9 Å². The van der Waals surface area contributed by atoms with E-state index in [0.29, 0.717) is 22.3 Å². The van der Waals surface area contributed by atoms with Crippen LogP contribution in [0.3, 0.4) is 0 Å². The lowest BCUT2D eigenvalue weighted by Crippen LogP contribution is -2.45. The Morgan fingerprint density at radius 3 is 2.57 bits per heavy atom. The molecule has 2 amide bonds. The minimum Gasteiger partial charge on any atom is -0.444 e. The van der Waals surface area contributed by atoms with Crippen molar-refractivity contribution in [3.63, 3.8) is 0 Å². The monoisotopic (exact) mass is 517 g/mol. The van der Waals surface area contributed by atoms with Crippen molar-refractivity contribution in [2.75, 3.05) is 29.9 Å². The molecule has 0 unspecified atom stereocenters. The van der Waals surface area contributed by atoms with Gasteiger partial charge in [-0.25, -0.2) is 14.8 Å². The van der Waals surface area contributed by atoms with Gasteiger partial charge in [0, 0.05) is 24.5 Å². The van der Waals surface area contributed by atoms with E-state index in [4.69, 9.17) is 16.3 Å². The molecule has 2 N–H and O–H groups in total. The molecular weight excluding hydrogens is 486 g/mol. The van der Waals surface area contributed by atoms with Gasteiger partial charge in [-0.3, -0.25) is 4.79 Å². The molecule has 0 radical (unpaired) electrons. The molecule has 0 spiro atoms. The lowest BCUT2D eigenvalue weighted by Gasteiger charge is -2.40. The van der Waals surface area contributed by atoms with Gasteiger partial charge < -0.3 is 20.3 Å². The number of benzene rings is 1. The van der Waals surface area contributed by atoms with Gasteiger partial charge in [-0.2, -0.15) is 0 Å². The molecule has 1 fully saturated rings. The summed E-state index contributed by atoms with van der Waals surface area (Å²) in [5.74, 6) is 0.492. The summed E-state index contributed by atoms with van der Waals surface area (Å²) in [5, 5.41) is 6.74. The fourth-order valence-corrected chi connectivity index (χ4v) is 4.63. The van der Waals surface area contributed by atoms with E-state index >= 15 is 0 Å². The van der Waals surface area contributed by atoms with Crippen molar-refractivity contribution in [1.29, 1.82) is 0 Å². The van der Waals surface area contributed by atoms with E-state index in [9.17, 15) is 9.59 Å². The van der Waals surface area contributed by atoms with Gasteiger partial charge in [0.2, 0.25) is 5.91 Å². The van der Waals surface area contributed by atoms with Gasteiger partial charge in [-0.15, -0.1) is 0 Å². The zero-order valence-electron chi connectivity index (χ0n) is 20.6. The standard InChI is InChI=1S/C25H32ClN5O3S/c1-6-20(32)30-17-8-7-9-18(22(17)26)35-21-15-27-19(14-28-21)31-12-10-25(5,11-13-31)16-29-23(33)34-24(2,3)4/h6-9,14-15H,1,10-13,16H2,2-5H3,(H,29,33)(H,30,32). The first kappa shape index (κ1) is 26.8. The Bertz CT molecular complexity index is 1060. The van der Waals surface area contributed by atoms with E-state index in [2.05, 4.69) is 39.0 Å². The highest BCUT2D eigenvalue weighted by Crippen LogP contribution is 2.37. The number of hydrogen-bond acceptors (Lipinski definition) is 7. The maximum absolute atomic E-state index is 12.0. The van der Waals surface area contributed by atoms with Crippen LogP contribution in [-0.2, 0) is 9.53 Å². The molecule has 1 aromatic heterocycles. The largest absolute Gasteiger partial charge is 0.444 e. The summed E-state index contributed by atoms with van der Waals surface area (Å²) in [6.45, 7) is 13.4. The molecule has 0 bridgehead atoms. The number of ether oxygens (including phenoxy) is 1. The second-order valence-electron chi connectivity index (χ2n) is 9.78. The van der Waals surface area contributed by atoms with Crippen LogP contribution in [0.4, 0.5) is 16.3 Å². The number of amides is 2. The van der Waals surface area contributed by atoms with Crippen molar-refractivity contribution in [3.05, 3.63) is 48.3 Å². The SMILES string of the molecule is C=CC(=O)Nc1cccc(Sc2cnc(N3CCC(C)(CNC(=O)OC(C)(C)C)CC3)cn2)c1Cl. The van der Waals surface area contributed by atoms with Crippen LogP contribution < -0.4 is 15.5 Å². The topological polar surface area (TPSA) is 96.5 Å². The van der Waals surface area contributed by atoms with E-state index in [-0.39, 0.29) is 17.4 Å². The molecule has 188 valence electrons. The van der Waals surface area contributed by atoms with Gasteiger partial charge >= 0.3 is 6.09 Å². The number of piperidine rings is 1. The summed E-state index contributed by atoms with van der Waals surface area (Å²) in [7, 11) is 0. The van der Waals surface area contributed by atoms with Crippen molar-refractivity contribution >= 4 is 46.9 Å². The summed E-state index contributed by atoms with van der Waals surface area (Å²) in [4.78, 5) is 35.7. The zero-order chi connectivity index (χ0) is 25.6. The molecule has 3 rings (SSSR count). The third kappa shape index (κ3) is 7.86. The normalized spacial score (nSPS) is 15.3. The number of aromatic nitrogens is 2. The third-order valence-electron chi connectivity index (χ3n) is 5.59. The van der Waals surface area contributed by atoms with Gasteiger partial charge in [0.15, 0.2) is 0 Å². The van der Waals surface area contributed by atoms with Crippen molar-refractivity contribution < 1.29 is 14.3 Å². The summed E-state index contributed by atoms with van der Waals surface area (Å²) >= 11 is 7.83. The molecule has 35 heavy (non-hydrogen) atoms. The molecule has 1 saturated heterocycles. The van der Waals surface area contributed by atoms with Crippen LogP contribution in [0.2, 0.25) is 5.02 Å². The number of nitrogens with zero attached hydrogens (tertiary/aromatic N) is 3. The predicted octanol–water partition coefficient (Wildman–Crippen LogP) is 5.54. The number of anilines is 2. The number of nitrogens with one attached hydrogen (secondary N) is 2. The fourth-order valence-electron chi connectivity index (χ4n) is 3.56.